The highest BCUT2D eigenvalue weighted by Crippen LogP contribution is 2.30. The van der Waals surface area contributed by atoms with E-state index in [4.69, 9.17) is 10.5 Å². The van der Waals surface area contributed by atoms with Crippen molar-refractivity contribution in [1.82, 2.24) is 9.88 Å². The number of hydrogen-bond donors (Lipinski definition) is 1. The van der Waals surface area contributed by atoms with E-state index in [0.717, 1.165) is 44.1 Å². The summed E-state index contributed by atoms with van der Waals surface area (Å²) in [4.78, 5) is 8.93. The van der Waals surface area contributed by atoms with Gasteiger partial charge in [-0.25, -0.2) is 0 Å². The number of anilines is 2. The van der Waals surface area contributed by atoms with Crippen molar-refractivity contribution < 1.29 is 4.74 Å². The topological polar surface area (TPSA) is 54.6 Å². The van der Waals surface area contributed by atoms with E-state index in [1.54, 1.807) is 6.20 Å². The molecule has 0 aliphatic carbocycles. The number of pyridine rings is 1. The fourth-order valence-electron chi connectivity index (χ4n) is 3.35. The second-order valence-corrected chi connectivity index (χ2v) is 6.76. The summed E-state index contributed by atoms with van der Waals surface area (Å²) in [6.45, 7) is 9.62. The number of piperazine rings is 1. The van der Waals surface area contributed by atoms with Crippen LogP contribution in [0.25, 0.3) is 0 Å². The SMILES string of the molecule is CC1(C)CCC(CN2CCN(c3ccncc3N)CC2)O1. The van der Waals surface area contributed by atoms with Gasteiger partial charge >= 0.3 is 0 Å². The largest absolute Gasteiger partial charge is 0.396 e. The summed E-state index contributed by atoms with van der Waals surface area (Å²) in [5.74, 6) is 0. The molecule has 0 saturated carbocycles. The Morgan fingerprint density at radius 2 is 2.10 bits per heavy atom. The lowest BCUT2D eigenvalue weighted by Gasteiger charge is -2.37. The maximum absolute atomic E-state index is 6.10. The van der Waals surface area contributed by atoms with E-state index in [1.165, 1.54) is 12.8 Å². The van der Waals surface area contributed by atoms with Crippen molar-refractivity contribution in [3.63, 3.8) is 0 Å². The minimum atomic E-state index is 0.0674. The van der Waals surface area contributed by atoms with E-state index in [2.05, 4.69) is 28.6 Å². The number of nitrogen functional groups attached to an aromatic ring is 1. The third-order valence-corrected chi connectivity index (χ3v) is 4.56. The van der Waals surface area contributed by atoms with Gasteiger partial charge in [-0.3, -0.25) is 9.88 Å². The number of aromatic nitrogens is 1. The van der Waals surface area contributed by atoms with Gasteiger partial charge in [0.25, 0.3) is 0 Å². The summed E-state index contributed by atoms with van der Waals surface area (Å²) < 4.78 is 6.10. The molecule has 1 atom stereocenters. The van der Waals surface area contributed by atoms with Gasteiger partial charge in [-0.1, -0.05) is 0 Å². The molecule has 0 radical (unpaired) electrons. The quantitative estimate of drug-likeness (QED) is 0.919. The maximum atomic E-state index is 6.10. The molecule has 5 heteroatoms. The fourth-order valence-corrected chi connectivity index (χ4v) is 3.35. The van der Waals surface area contributed by atoms with E-state index in [0.29, 0.717) is 6.10 Å². The summed E-state index contributed by atoms with van der Waals surface area (Å²) in [6.07, 6.45) is 6.30. The lowest BCUT2D eigenvalue weighted by Crippen LogP contribution is -2.48. The van der Waals surface area contributed by atoms with Gasteiger partial charge in [0.15, 0.2) is 0 Å². The molecule has 2 aliphatic rings. The molecule has 2 aliphatic heterocycles. The number of rotatable bonds is 3. The third-order valence-electron chi connectivity index (χ3n) is 4.56. The minimum Gasteiger partial charge on any atom is -0.396 e. The van der Waals surface area contributed by atoms with Crippen LogP contribution in [0.15, 0.2) is 18.5 Å². The Bertz CT molecular complexity index is 483. The molecule has 2 N–H and O–H groups in total. The Balaban J connectivity index is 1.51. The maximum Gasteiger partial charge on any atom is 0.0738 e. The van der Waals surface area contributed by atoms with Gasteiger partial charge in [0, 0.05) is 38.9 Å². The predicted molar refractivity (Wildman–Crippen MR) is 85.5 cm³/mol. The van der Waals surface area contributed by atoms with Gasteiger partial charge < -0.3 is 15.4 Å². The van der Waals surface area contributed by atoms with Gasteiger partial charge in [-0.05, 0) is 32.8 Å². The molecular formula is C16H26N4O. The molecule has 0 amide bonds. The smallest absolute Gasteiger partial charge is 0.0738 e. The van der Waals surface area contributed by atoms with Crippen LogP contribution in [0.1, 0.15) is 26.7 Å². The molecule has 1 aromatic heterocycles. The highest BCUT2D eigenvalue weighted by molar-refractivity contribution is 5.66. The average molecular weight is 290 g/mol. The van der Waals surface area contributed by atoms with Crippen molar-refractivity contribution in [1.29, 1.82) is 0 Å². The normalized spacial score (nSPS) is 26.2. The van der Waals surface area contributed by atoms with Crippen molar-refractivity contribution >= 4 is 11.4 Å². The molecule has 21 heavy (non-hydrogen) atoms. The second kappa shape index (κ2) is 5.81. The average Bonchev–Trinajstić information content (AvgIpc) is 2.80. The van der Waals surface area contributed by atoms with Crippen LogP contribution in [0, 0.1) is 0 Å². The molecule has 3 heterocycles. The standard InChI is InChI=1S/C16H26N4O/c1-16(2)5-3-13(21-16)12-19-7-9-20(10-8-19)15-4-6-18-11-14(15)17/h4,6,11,13H,3,5,7-10,12,17H2,1-2H3. The first-order valence-electron chi connectivity index (χ1n) is 7.88. The molecular weight excluding hydrogens is 264 g/mol. The van der Waals surface area contributed by atoms with E-state index >= 15 is 0 Å². The number of ether oxygens (including phenoxy) is 1. The second-order valence-electron chi connectivity index (χ2n) is 6.76. The van der Waals surface area contributed by atoms with E-state index in [-0.39, 0.29) is 5.60 Å². The van der Waals surface area contributed by atoms with Crippen LogP contribution in [-0.4, -0.2) is 54.3 Å². The number of nitrogens with zero attached hydrogens (tertiary/aromatic N) is 3. The van der Waals surface area contributed by atoms with Gasteiger partial charge in [0.2, 0.25) is 0 Å². The van der Waals surface area contributed by atoms with Crippen LogP contribution in [-0.2, 0) is 4.74 Å². The summed E-state index contributed by atoms with van der Waals surface area (Å²) in [6, 6.07) is 2.01. The van der Waals surface area contributed by atoms with Gasteiger partial charge in [0.1, 0.15) is 0 Å². The molecule has 116 valence electrons. The summed E-state index contributed by atoms with van der Waals surface area (Å²) in [7, 11) is 0. The van der Waals surface area contributed by atoms with Crippen molar-refractivity contribution in [2.45, 2.75) is 38.4 Å². The molecule has 1 unspecified atom stereocenters. The lowest BCUT2D eigenvalue weighted by molar-refractivity contribution is -0.0291. The van der Waals surface area contributed by atoms with Crippen molar-refractivity contribution in [3.05, 3.63) is 18.5 Å². The summed E-state index contributed by atoms with van der Waals surface area (Å²) >= 11 is 0. The van der Waals surface area contributed by atoms with Crippen LogP contribution in [0.2, 0.25) is 0 Å². The zero-order valence-corrected chi connectivity index (χ0v) is 13.1. The van der Waals surface area contributed by atoms with Crippen LogP contribution in [0.4, 0.5) is 11.4 Å². The molecule has 0 bridgehead atoms. The zero-order valence-electron chi connectivity index (χ0n) is 13.1. The predicted octanol–water partition coefficient (Wildman–Crippen LogP) is 1.74. The van der Waals surface area contributed by atoms with Crippen molar-refractivity contribution in [3.8, 4) is 0 Å². The van der Waals surface area contributed by atoms with Gasteiger partial charge in [-0.2, -0.15) is 0 Å². The molecule has 1 aromatic rings. The van der Waals surface area contributed by atoms with E-state index in [9.17, 15) is 0 Å². The summed E-state index contributed by atoms with van der Waals surface area (Å²) in [5, 5.41) is 0. The van der Waals surface area contributed by atoms with Crippen LogP contribution >= 0.6 is 0 Å². The Morgan fingerprint density at radius 3 is 2.71 bits per heavy atom. The van der Waals surface area contributed by atoms with E-state index in [1.807, 2.05) is 12.3 Å². The monoisotopic (exact) mass is 290 g/mol. The van der Waals surface area contributed by atoms with Crippen LogP contribution < -0.4 is 10.6 Å². The molecule has 0 aromatic carbocycles. The van der Waals surface area contributed by atoms with Gasteiger partial charge in [-0.15, -0.1) is 0 Å². The number of hydrogen-bond acceptors (Lipinski definition) is 5. The van der Waals surface area contributed by atoms with Crippen LogP contribution in [0.5, 0.6) is 0 Å². The summed E-state index contributed by atoms with van der Waals surface area (Å²) in [5.41, 5.74) is 7.96. The molecule has 0 spiro atoms. The molecule has 3 rings (SSSR count). The Labute approximate surface area is 127 Å². The Morgan fingerprint density at radius 1 is 1.33 bits per heavy atom. The molecule has 5 nitrogen and oxygen atoms in total. The molecule has 2 saturated heterocycles. The lowest BCUT2D eigenvalue weighted by atomic mass is 10.1. The minimum absolute atomic E-state index is 0.0674. The van der Waals surface area contributed by atoms with Crippen molar-refractivity contribution in [2.24, 2.45) is 0 Å². The fraction of sp³-hybridized carbons (Fsp3) is 0.688. The van der Waals surface area contributed by atoms with Crippen LogP contribution in [0.3, 0.4) is 0 Å². The Hall–Kier alpha value is -1.33. The third kappa shape index (κ3) is 3.47. The number of nitrogens with two attached hydrogens (primary N) is 1. The zero-order chi connectivity index (χ0) is 14.9. The first kappa shape index (κ1) is 14.6. The molecule has 2 fully saturated rings. The first-order chi connectivity index (χ1) is 10.0. The Kier molecular flexibility index (Phi) is 4.04. The van der Waals surface area contributed by atoms with E-state index < -0.39 is 0 Å². The van der Waals surface area contributed by atoms with Gasteiger partial charge in [0.05, 0.1) is 29.3 Å². The highest BCUT2D eigenvalue weighted by atomic mass is 16.5. The van der Waals surface area contributed by atoms with Crippen molar-refractivity contribution in [2.75, 3.05) is 43.4 Å². The first-order valence-corrected chi connectivity index (χ1v) is 7.88. The highest BCUT2D eigenvalue weighted by Gasteiger charge is 2.33.